The van der Waals surface area contributed by atoms with Crippen LogP contribution in [-0.4, -0.2) is 25.7 Å². The predicted molar refractivity (Wildman–Crippen MR) is 89.0 cm³/mol. The van der Waals surface area contributed by atoms with Gasteiger partial charge in [-0.3, -0.25) is 4.79 Å². The summed E-state index contributed by atoms with van der Waals surface area (Å²) < 4.78 is 5.36. The lowest BCUT2D eigenvalue weighted by Crippen LogP contribution is -2.48. The molecule has 0 radical (unpaired) electrons. The average Bonchev–Trinajstić information content (AvgIpc) is 2.49. The fraction of sp³-hybridized carbons (Fsp3) is 0.588. The van der Waals surface area contributed by atoms with Gasteiger partial charge in [0.2, 0.25) is 5.91 Å². The Morgan fingerprint density at radius 3 is 2.55 bits per heavy atom. The molecule has 0 aromatic heterocycles. The van der Waals surface area contributed by atoms with Gasteiger partial charge < -0.3 is 15.8 Å². The zero-order valence-electron chi connectivity index (χ0n) is 13.5. The lowest BCUT2D eigenvalue weighted by atomic mass is 9.79. The molecule has 1 atom stereocenters. The molecule has 0 bridgehead atoms. The molecule has 0 unspecified atom stereocenters. The highest BCUT2D eigenvalue weighted by atomic mass is 35.5. The monoisotopic (exact) mass is 324 g/mol. The maximum Gasteiger partial charge on any atom is 0.225 e. The molecule has 2 rings (SSSR count). The van der Waals surface area contributed by atoms with Gasteiger partial charge >= 0.3 is 0 Å². The van der Waals surface area contributed by atoms with Gasteiger partial charge in [-0.1, -0.05) is 17.7 Å². The molecule has 0 aliphatic carbocycles. The van der Waals surface area contributed by atoms with Gasteiger partial charge in [-0.25, -0.2) is 0 Å². The highest BCUT2D eigenvalue weighted by Crippen LogP contribution is 2.31. The van der Waals surface area contributed by atoms with Crippen molar-refractivity contribution in [3.63, 3.8) is 0 Å². The second-order valence-electron chi connectivity index (χ2n) is 6.32. The molecular weight excluding hydrogens is 300 g/mol. The van der Waals surface area contributed by atoms with Crippen molar-refractivity contribution in [2.24, 2.45) is 11.1 Å². The summed E-state index contributed by atoms with van der Waals surface area (Å²) in [4.78, 5) is 11.9. The summed E-state index contributed by atoms with van der Waals surface area (Å²) in [5, 5.41) is 4.19. The average molecular weight is 325 g/mol. The Balaban J connectivity index is 2.10. The molecule has 4 nitrogen and oxygen atoms in total. The standard InChI is InChI=1S/C17H25ClN2O2/c1-11-8-14(15(18)9-12(11)2)13(3)20-10-17(16(19)21)4-6-22-7-5-17/h8-9,13,20H,4-7,10H2,1-3H3,(H2,19,21)/t13-/m0/s1. The minimum atomic E-state index is -0.515. The normalized spacial score (nSPS) is 18.9. The number of carbonyl (C=O) groups is 1. The second-order valence-corrected chi connectivity index (χ2v) is 6.72. The third-order valence-electron chi connectivity index (χ3n) is 4.80. The predicted octanol–water partition coefficient (Wildman–Crippen LogP) is 2.89. The number of amides is 1. The molecular formula is C17H25ClN2O2. The van der Waals surface area contributed by atoms with E-state index in [9.17, 15) is 4.79 Å². The van der Waals surface area contributed by atoms with Crippen molar-refractivity contribution in [1.82, 2.24) is 5.32 Å². The molecule has 1 saturated heterocycles. The molecule has 1 fully saturated rings. The van der Waals surface area contributed by atoms with Gasteiger partial charge in [-0.2, -0.15) is 0 Å². The number of nitrogens with two attached hydrogens (primary N) is 1. The lowest BCUT2D eigenvalue weighted by molar-refractivity contribution is -0.133. The van der Waals surface area contributed by atoms with E-state index in [1.54, 1.807) is 0 Å². The van der Waals surface area contributed by atoms with Crippen LogP contribution in [0.1, 0.15) is 42.5 Å². The summed E-state index contributed by atoms with van der Waals surface area (Å²) in [5.41, 5.74) is 8.57. The number of ether oxygens (including phenoxy) is 1. The first kappa shape index (κ1) is 17.3. The van der Waals surface area contributed by atoms with E-state index >= 15 is 0 Å². The molecule has 1 aromatic rings. The summed E-state index contributed by atoms with van der Waals surface area (Å²) in [6.45, 7) is 7.91. The van der Waals surface area contributed by atoms with Crippen LogP contribution in [0.25, 0.3) is 0 Å². The number of primary amides is 1. The Bertz CT molecular complexity index is 554. The van der Waals surface area contributed by atoms with Crippen molar-refractivity contribution in [2.45, 2.75) is 39.7 Å². The minimum absolute atomic E-state index is 0.0610. The fourth-order valence-corrected chi connectivity index (χ4v) is 3.25. The Morgan fingerprint density at radius 1 is 1.36 bits per heavy atom. The molecule has 3 N–H and O–H groups in total. The first-order valence-electron chi connectivity index (χ1n) is 7.73. The topological polar surface area (TPSA) is 64.3 Å². The number of rotatable bonds is 5. The quantitative estimate of drug-likeness (QED) is 0.875. The Labute approximate surface area is 137 Å². The summed E-state index contributed by atoms with van der Waals surface area (Å²) in [6, 6.07) is 4.16. The molecule has 1 amide bonds. The summed E-state index contributed by atoms with van der Waals surface area (Å²) >= 11 is 6.36. The molecule has 22 heavy (non-hydrogen) atoms. The van der Waals surface area contributed by atoms with Crippen LogP contribution in [0, 0.1) is 19.3 Å². The van der Waals surface area contributed by atoms with E-state index in [1.807, 2.05) is 13.0 Å². The zero-order chi connectivity index (χ0) is 16.3. The lowest BCUT2D eigenvalue weighted by Gasteiger charge is -2.35. The largest absolute Gasteiger partial charge is 0.381 e. The van der Waals surface area contributed by atoms with Gasteiger partial charge in [0, 0.05) is 30.8 Å². The van der Waals surface area contributed by atoms with Crippen molar-refractivity contribution < 1.29 is 9.53 Å². The minimum Gasteiger partial charge on any atom is -0.381 e. The van der Waals surface area contributed by atoms with Crippen LogP contribution in [0.4, 0.5) is 0 Å². The highest BCUT2D eigenvalue weighted by molar-refractivity contribution is 6.31. The SMILES string of the molecule is Cc1cc(Cl)c([C@H](C)NCC2(C(N)=O)CCOCC2)cc1C. The van der Waals surface area contributed by atoms with Crippen molar-refractivity contribution in [1.29, 1.82) is 0 Å². The molecule has 1 aliphatic heterocycles. The number of halogens is 1. The van der Waals surface area contributed by atoms with Gasteiger partial charge in [-0.15, -0.1) is 0 Å². The van der Waals surface area contributed by atoms with Gasteiger partial charge in [0.15, 0.2) is 0 Å². The van der Waals surface area contributed by atoms with E-state index in [4.69, 9.17) is 22.1 Å². The van der Waals surface area contributed by atoms with Gasteiger partial charge in [0.1, 0.15) is 0 Å². The van der Waals surface area contributed by atoms with Gasteiger partial charge in [-0.05, 0) is 56.4 Å². The number of benzene rings is 1. The van der Waals surface area contributed by atoms with Crippen molar-refractivity contribution >= 4 is 17.5 Å². The first-order chi connectivity index (χ1) is 10.4. The number of hydrogen-bond donors (Lipinski definition) is 2. The summed E-state index contributed by atoms with van der Waals surface area (Å²) in [7, 11) is 0. The van der Waals surface area contributed by atoms with Crippen molar-refractivity contribution in [3.05, 3.63) is 33.8 Å². The van der Waals surface area contributed by atoms with Crippen LogP contribution >= 0.6 is 11.6 Å². The van der Waals surface area contributed by atoms with Gasteiger partial charge in [0.05, 0.1) is 5.41 Å². The second kappa shape index (κ2) is 6.99. The van der Waals surface area contributed by atoms with Crippen LogP contribution in [0.15, 0.2) is 12.1 Å². The Hall–Kier alpha value is -1.10. The van der Waals surface area contributed by atoms with Crippen LogP contribution in [0.2, 0.25) is 5.02 Å². The fourth-order valence-electron chi connectivity index (χ4n) is 2.87. The number of nitrogens with one attached hydrogen (secondary N) is 1. The summed E-state index contributed by atoms with van der Waals surface area (Å²) in [5.74, 6) is -0.248. The maximum absolute atomic E-state index is 11.9. The highest BCUT2D eigenvalue weighted by Gasteiger charge is 2.38. The molecule has 0 saturated carbocycles. The third-order valence-corrected chi connectivity index (χ3v) is 5.13. The third kappa shape index (κ3) is 3.62. The van der Waals surface area contributed by atoms with E-state index in [0.29, 0.717) is 32.6 Å². The first-order valence-corrected chi connectivity index (χ1v) is 8.11. The van der Waals surface area contributed by atoms with E-state index in [-0.39, 0.29) is 11.9 Å². The molecule has 122 valence electrons. The van der Waals surface area contributed by atoms with E-state index in [2.05, 4.69) is 25.2 Å². The van der Waals surface area contributed by atoms with Crippen molar-refractivity contribution in [3.8, 4) is 0 Å². The maximum atomic E-state index is 11.9. The van der Waals surface area contributed by atoms with E-state index < -0.39 is 5.41 Å². The number of hydrogen-bond acceptors (Lipinski definition) is 3. The number of aryl methyl sites for hydroxylation is 2. The number of carbonyl (C=O) groups excluding carboxylic acids is 1. The van der Waals surface area contributed by atoms with E-state index in [0.717, 1.165) is 10.6 Å². The molecule has 1 aliphatic rings. The Kier molecular flexibility index (Phi) is 5.48. The summed E-state index contributed by atoms with van der Waals surface area (Å²) in [6.07, 6.45) is 1.34. The smallest absolute Gasteiger partial charge is 0.225 e. The zero-order valence-corrected chi connectivity index (χ0v) is 14.3. The molecule has 5 heteroatoms. The van der Waals surface area contributed by atoms with Crippen LogP contribution in [-0.2, 0) is 9.53 Å². The molecule has 0 spiro atoms. The Morgan fingerprint density at radius 2 is 1.95 bits per heavy atom. The van der Waals surface area contributed by atoms with Crippen LogP contribution in [0.5, 0.6) is 0 Å². The van der Waals surface area contributed by atoms with Crippen LogP contribution in [0.3, 0.4) is 0 Å². The van der Waals surface area contributed by atoms with Crippen LogP contribution < -0.4 is 11.1 Å². The van der Waals surface area contributed by atoms with Crippen molar-refractivity contribution in [2.75, 3.05) is 19.8 Å². The molecule has 1 heterocycles. The molecule has 1 aromatic carbocycles. The van der Waals surface area contributed by atoms with E-state index in [1.165, 1.54) is 11.1 Å². The van der Waals surface area contributed by atoms with Gasteiger partial charge in [0.25, 0.3) is 0 Å².